The van der Waals surface area contributed by atoms with Crippen LogP contribution in [-0.4, -0.2) is 38.8 Å². The van der Waals surface area contributed by atoms with Crippen LogP contribution in [0.2, 0.25) is 0 Å². The van der Waals surface area contributed by atoms with Gasteiger partial charge in [-0.3, -0.25) is 4.79 Å². The lowest BCUT2D eigenvalue weighted by atomic mass is 10.1. The van der Waals surface area contributed by atoms with Gasteiger partial charge >= 0.3 is 5.97 Å². The molecule has 0 aliphatic carbocycles. The van der Waals surface area contributed by atoms with E-state index in [1.54, 1.807) is 0 Å². The highest BCUT2D eigenvalue weighted by molar-refractivity contribution is 5.97. The van der Waals surface area contributed by atoms with Crippen molar-refractivity contribution in [2.24, 2.45) is 0 Å². The molecule has 142 valence electrons. The second-order valence-electron chi connectivity index (χ2n) is 6.09. The van der Waals surface area contributed by atoms with E-state index in [0.29, 0.717) is 30.5 Å². The minimum atomic E-state index is -0.651. The third kappa shape index (κ3) is 4.13. The van der Waals surface area contributed by atoms with Gasteiger partial charge in [0.25, 0.3) is 5.91 Å². The molecule has 1 aliphatic rings. The standard InChI is InChI=1S/C20H21NO6/c1-12-5-4-6-13(2)18(12)21-17(22)11-27-20(23)14-9-15(24-3)19-16(10-14)25-7-8-26-19/h4-6,9-10H,7-8,11H2,1-3H3,(H,21,22). The summed E-state index contributed by atoms with van der Waals surface area (Å²) in [6.45, 7) is 4.19. The average molecular weight is 371 g/mol. The Bertz CT molecular complexity index is 840. The van der Waals surface area contributed by atoms with Crippen molar-refractivity contribution in [1.82, 2.24) is 0 Å². The first kappa shape index (κ1) is 18.6. The van der Waals surface area contributed by atoms with E-state index in [2.05, 4.69) is 5.32 Å². The Labute approximate surface area is 157 Å². The number of aryl methyl sites for hydroxylation is 2. The Morgan fingerprint density at radius 2 is 1.81 bits per heavy atom. The molecule has 1 amide bonds. The van der Waals surface area contributed by atoms with Crippen molar-refractivity contribution < 1.29 is 28.5 Å². The van der Waals surface area contributed by atoms with E-state index in [1.807, 2.05) is 32.0 Å². The molecule has 2 aromatic rings. The molecule has 0 unspecified atom stereocenters. The third-order valence-electron chi connectivity index (χ3n) is 4.14. The zero-order valence-corrected chi connectivity index (χ0v) is 15.5. The van der Waals surface area contributed by atoms with Crippen LogP contribution in [0.3, 0.4) is 0 Å². The second-order valence-corrected chi connectivity index (χ2v) is 6.09. The fourth-order valence-corrected chi connectivity index (χ4v) is 2.79. The Balaban J connectivity index is 1.66. The summed E-state index contributed by atoms with van der Waals surface area (Å²) in [5.41, 5.74) is 2.81. The average Bonchev–Trinajstić information content (AvgIpc) is 2.68. The Morgan fingerprint density at radius 3 is 2.52 bits per heavy atom. The molecule has 0 atom stereocenters. The van der Waals surface area contributed by atoms with Gasteiger partial charge in [-0.25, -0.2) is 4.79 Å². The summed E-state index contributed by atoms with van der Waals surface area (Å²) < 4.78 is 21.4. The Hall–Kier alpha value is -3.22. The van der Waals surface area contributed by atoms with Gasteiger partial charge in [-0.05, 0) is 37.1 Å². The van der Waals surface area contributed by atoms with Crippen molar-refractivity contribution in [3.63, 3.8) is 0 Å². The smallest absolute Gasteiger partial charge is 0.338 e. The molecule has 0 aromatic heterocycles. The van der Waals surface area contributed by atoms with Crippen molar-refractivity contribution in [3.05, 3.63) is 47.0 Å². The maximum atomic E-state index is 12.3. The highest BCUT2D eigenvalue weighted by Crippen LogP contribution is 2.40. The Kier molecular flexibility index (Phi) is 5.49. The van der Waals surface area contributed by atoms with Crippen molar-refractivity contribution in [2.45, 2.75) is 13.8 Å². The second kappa shape index (κ2) is 7.99. The van der Waals surface area contributed by atoms with Crippen LogP contribution in [0.1, 0.15) is 21.5 Å². The zero-order valence-electron chi connectivity index (χ0n) is 15.5. The summed E-state index contributed by atoms with van der Waals surface area (Å²) in [4.78, 5) is 24.5. The number of hydrogen-bond acceptors (Lipinski definition) is 6. The molecule has 1 N–H and O–H groups in total. The molecule has 0 saturated heterocycles. The van der Waals surface area contributed by atoms with Crippen molar-refractivity contribution in [3.8, 4) is 17.2 Å². The van der Waals surface area contributed by atoms with Crippen LogP contribution in [0.5, 0.6) is 17.2 Å². The van der Waals surface area contributed by atoms with Gasteiger partial charge in [0.2, 0.25) is 5.75 Å². The van der Waals surface area contributed by atoms with Gasteiger partial charge in [-0.1, -0.05) is 18.2 Å². The molecule has 0 bridgehead atoms. The first-order chi connectivity index (χ1) is 13.0. The number of methoxy groups -OCH3 is 1. The molecule has 1 aliphatic heterocycles. The summed E-state index contributed by atoms with van der Waals surface area (Å²) in [7, 11) is 1.47. The highest BCUT2D eigenvalue weighted by atomic mass is 16.6. The van der Waals surface area contributed by atoms with Crippen LogP contribution in [0.15, 0.2) is 30.3 Å². The highest BCUT2D eigenvalue weighted by Gasteiger charge is 2.22. The van der Waals surface area contributed by atoms with Gasteiger partial charge in [0.05, 0.1) is 12.7 Å². The van der Waals surface area contributed by atoms with Gasteiger partial charge < -0.3 is 24.3 Å². The molecular weight excluding hydrogens is 350 g/mol. The van der Waals surface area contributed by atoms with Crippen LogP contribution in [0.4, 0.5) is 5.69 Å². The first-order valence-corrected chi connectivity index (χ1v) is 8.50. The number of esters is 1. The molecule has 0 fully saturated rings. The number of hydrogen-bond donors (Lipinski definition) is 1. The van der Waals surface area contributed by atoms with Gasteiger partial charge in [-0.2, -0.15) is 0 Å². The third-order valence-corrected chi connectivity index (χ3v) is 4.14. The van der Waals surface area contributed by atoms with E-state index in [0.717, 1.165) is 16.8 Å². The summed E-state index contributed by atoms with van der Waals surface area (Å²) in [6, 6.07) is 8.73. The zero-order chi connectivity index (χ0) is 19.4. The molecule has 27 heavy (non-hydrogen) atoms. The Morgan fingerprint density at radius 1 is 1.11 bits per heavy atom. The first-order valence-electron chi connectivity index (χ1n) is 8.50. The van der Waals surface area contributed by atoms with Crippen molar-refractivity contribution in [2.75, 3.05) is 32.2 Å². The molecule has 0 radical (unpaired) electrons. The molecule has 3 rings (SSSR count). The molecule has 7 heteroatoms. The normalized spacial score (nSPS) is 12.3. The van der Waals surface area contributed by atoms with E-state index >= 15 is 0 Å². The number of rotatable bonds is 5. The number of carbonyl (C=O) groups excluding carboxylic acids is 2. The SMILES string of the molecule is COc1cc(C(=O)OCC(=O)Nc2c(C)cccc2C)cc2c1OCCO2. The van der Waals surface area contributed by atoms with E-state index in [1.165, 1.54) is 19.2 Å². The molecule has 2 aromatic carbocycles. The van der Waals surface area contributed by atoms with E-state index in [-0.39, 0.29) is 5.56 Å². The fourth-order valence-electron chi connectivity index (χ4n) is 2.79. The van der Waals surface area contributed by atoms with E-state index < -0.39 is 18.5 Å². The number of fused-ring (bicyclic) bond motifs is 1. The van der Waals surface area contributed by atoms with Crippen LogP contribution in [-0.2, 0) is 9.53 Å². The molecule has 0 spiro atoms. The maximum Gasteiger partial charge on any atom is 0.338 e. The molecule has 0 saturated carbocycles. The quantitative estimate of drug-likeness (QED) is 0.814. The number of carbonyl (C=O) groups is 2. The minimum absolute atomic E-state index is 0.218. The number of benzene rings is 2. The van der Waals surface area contributed by atoms with Crippen LogP contribution in [0.25, 0.3) is 0 Å². The lowest BCUT2D eigenvalue weighted by Crippen LogP contribution is -2.22. The number of amides is 1. The monoisotopic (exact) mass is 371 g/mol. The summed E-state index contributed by atoms with van der Waals surface area (Å²) >= 11 is 0. The number of anilines is 1. The predicted molar refractivity (Wildman–Crippen MR) is 98.8 cm³/mol. The predicted octanol–water partition coefficient (Wildman–Crippen LogP) is 2.88. The summed E-state index contributed by atoms with van der Waals surface area (Å²) in [6.07, 6.45) is 0. The number of para-hydroxylation sites is 1. The molecule has 1 heterocycles. The van der Waals surface area contributed by atoms with Crippen LogP contribution in [0, 0.1) is 13.8 Å². The number of nitrogens with one attached hydrogen (secondary N) is 1. The number of ether oxygens (including phenoxy) is 4. The van der Waals surface area contributed by atoms with E-state index in [4.69, 9.17) is 18.9 Å². The largest absolute Gasteiger partial charge is 0.493 e. The van der Waals surface area contributed by atoms with Gasteiger partial charge in [-0.15, -0.1) is 0 Å². The van der Waals surface area contributed by atoms with E-state index in [9.17, 15) is 9.59 Å². The van der Waals surface area contributed by atoms with Gasteiger partial charge in [0, 0.05) is 5.69 Å². The van der Waals surface area contributed by atoms with Crippen LogP contribution < -0.4 is 19.5 Å². The summed E-state index contributed by atoms with van der Waals surface area (Å²) in [5, 5.41) is 2.77. The maximum absolute atomic E-state index is 12.3. The van der Waals surface area contributed by atoms with Crippen molar-refractivity contribution >= 4 is 17.6 Å². The van der Waals surface area contributed by atoms with Gasteiger partial charge in [0.15, 0.2) is 18.1 Å². The molecule has 7 nitrogen and oxygen atoms in total. The van der Waals surface area contributed by atoms with Gasteiger partial charge in [0.1, 0.15) is 13.2 Å². The molecular formula is C20H21NO6. The lowest BCUT2D eigenvalue weighted by molar-refractivity contribution is -0.119. The van der Waals surface area contributed by atoms with Crippen LogP contribution >= 0.6 is 0 Å². The minimum Gasteiger partial charge on any atom is -0.493 e. The van der Waals surface area contributed by atoms with Crippen molar-refractivity contribution in [1.29, 1.82) is 0 Å². The lowest BCUT2D eigenvalue weighted by Gasteiger charge is -2.21. The fraction of sp³-hybridized carbons (Fsp3) is 0.300. The topological polar surface area (TPSA) is 83.1 Å². The summed E-state index contributed by atoms with van der Waals surface area (Å²) in [5.74, 6) is 0.173.